The van der Waals surface area contributed by atoms with Gasteiger partial charge >= 0.3 is 6.03 Å². The third-order valence-corrected chi connectivity index (χ3v) is 2.07. The van der Waals surface area contributed by atoms with Gasteiger partial charge in [0.25, 0.3) is 0 Å². The summed E-state index contributed by atoms with van der Waals surface area (Å²) in [4.78, 5) is 18.0. The topological polar surface area (TPSA) is 76.8 Å². The fourth-order valence-electron chi connectivity index (χ4n) is 1.24. The number of pyridine rings is 1. The van der Waals surface area contributed by atoms with Gasteiger partial charge in [-0.3, -0.25) is 4.98 Å². The first-order valence-corrected chi connectivity index (χ1v) is 5.07. The first-order chi connectivity index (χ1) is 8.16. The Bertz CT molecular complexity index is 507. The second kappa shape index (κ2) is 4.69. The smallest absolute Gasteiger partial charge is 0.328 e. The van der Waals surface area contributed by atoms with Crippen LogP contribution in [0.2, 0.25) is 0 Å². The number of carbonyl (C=O) groups excluding carboxylic acids is 1. The molecule has 0 aliphatic rings. The highest BCUT2D eigenvalue weighted by atomic mass is 16.2. The second-order valence-corrected chi connectivity index (χ2v) is 3.67. The summed E-state index contributed by atoms with van der Waals surface area (Å²) in [6.45, 7) is 0. The van der Waals surface area contributed by atoms with Crippen LogP contribution in [0.4, 0.5) is 4.79 Å². The summed E-state index contributed by atoms with van der Waals surface area (Å²) in [5.74, 6) is 0.471. The number of aromatic nitrogens is 5. The standard InChI is InChI=1S/C10H12N6O/c1-15(2)10(17)16-13-9(12-14-16)7-8-5-3-4-6-11-8/h3-6H,7H2,1-2H3. The van der Waals surface area contributed by atoms with E-state index in [1.807, 2.05) is 18.2 Å². The molecule has 2 aromatic heterocycles. The van der Waals surface area contributed by atoms with Crippen molar-refractivity contribution in [2.45, 2.75) is 6.42 Å². The molecule has 0 bridgehead atoms. The van der Waals surface area contributed by atoms with E-state index in [1.165, 1.54) is 4.90 Å². The summed E-state index contributed by atoms with van der Waals surface area (Å²) < 4.78 is 0. The van der Waals surface area contributed by atoms with Crippen LogP contribution in [0.1, 0.15) is 11.5 Å². The summed E-state index contributed by atoms with van der Waals surface area (Å²) in [5.41, 5.74) is 0.837. The van der Waals surface area contributed by atoms with E-state index in [9.17, 15) is 4.79 Å². The zero-order valence-electron chi connectivity index (χ0n) is 9.61. The van der Waals surface area contributed by atoms with Crippen molar-refractivity contribution in [3.8, 4) is 0 Å². The van der Waals surface area contributed by atoms with Crippen molar-refractivity contribution in [1.29, 1.82) is 0 Å². The Morgan fingerprint density at radius 2 is 2.24 bits per heavy atom. The molecule has 2 rings (SSSR count). The lowest BCUT2D eigenvalue weighted by Crippen LogP contribution is -2.29. The Kier molecular flexibility index (Phi) is 3.08. The van der Waals surface area contributed by atoms with Crippen molar-refractivity contribution in [2.75, 3.05) is 14.1 Å². The van der Waals surface area contributed by atoms with Crippen molar-refractivity contribution in [1.82, 2.24) is 30.1 Å². The average Bonchev–Trinajstić information content (AvgIpc) is 2.77. The highest BCUT2D eigenvalue weighted by molar-refractivity contribution is 5.73. The number of nitrogens with zero attached hydrogens (tertiary/aromatic N) is 6. The van der Waals surface area contributed by atoms with Gasteiger partial charge in [-0.1, -0.05) is 10.9 Å². The van der Waals surface area contributed by atoms with E-state index in [0.29, 0.717) is 12.2 Å². The van der Waals surface area contributed by atoms with Crippen LogP contribution in [0.5, 0.6) is 0 Å². The predicted octanol–water partition coefficient (Wildman–Crippen LogP) is 0.189. The lowest BCUT2D eigenvalue weighted by molar-refractivity contribution is 0.211. The van der Waals surface area contributed by atoms with Crippen LogP contribution in [0.25, 0.3) is 0 Å². The summed E-state index contributed by atoms with van der Waals surface area (Å²) in [6.07, 6.45) is 2.16. The highest BCUT2D eigenvalue weighted by Gasteiger charge is 2.12. The van der Waals surface area contributed by atoms with Gasteiger partial charge in [-0.25, -0.2) is 4.79 Å². The molecule has 0 saturated heterocycles. The molecule has 0 saturated carbocycles. The summed E-state index contributed by atoms with van der Waals surface area (Å²) in [6, 6.07) is 5.26. The maximum atomic E-state index is 11.5. The molecular weight excluding hydrogens is 220 g/mol. The number of amides is 1. The number of rotatable bonds is 2. The normalized spacial score (nSPS) is 10.2. The molecule has 17 heavy (non-hydrogen) atoms. The third-order valence-electron chi connectivity index (χ3n) is 2.07. The lowest BCUT2D eigenvalue weighted by atomic mass is 10.3. The molecule has 2 heterocycles. The molecule has 0 atom stereocenters. The minimum Gasteiger partial charge on any atom is -0.328 e. The minimum atomic E-state index is -0.329. The molecule has 2 aromatic rings. The Morgan fingerprint density at radius 3 is 2.88 bits per heavy atom. The van der Waals surface area contributed by atoms with Crippen LogP contribution in [-0.2, 0) is 6.42 Å². The Morgan fingerprint density at radius 1 is 1.41 bits per heavy atom. The molecule has 0 radical (unpaired) electrons. The van der Waals surface area contributed by atoms with Gasteiger partial charge in [0.15, 0.2) is 5.82 Å². The number of tetrazole rings is 1. The van der Waals surface area contributed by atoms with Crippen LogP contribution >= 0.6 is 0 Å². The molecule has 0 N–H and O–H groups in total. The largest absolute Gasteiger partial charge is 0.362 e. The van der Waals surface area contributed by atoms with Crippen molar-refractivity contribution >= 4 is 6.03 Å². The Balaban J connectivity index is 2.12. The first-order valence-electron chi connectivity index (χ1n) is 5.07. The predicted molar refractivity (Wildman–Crippen MR) is 59.3 cm³/mol. The van der Waals surface area contributed by atoms with Gasteiger partial charge in [0.2, 0.25) is 0 Å². The van der Waals surface area contributed by atoms with Crippen LogP contribution in [0.15, 0.2) is 24.4 Å². The van der Waals surface area contributed by atoms with Crippen LogP contribution in [0.3, 0.4) is 0 Å². The highest BCUT2D eigenvalue weighted by Crippen LogP contribution is 2.00. The monoisotopic (exact) mass is 232 g/mol. The maximum Gasteiger partial charge on any atom is 0.362 e. The van der Waals surface area contributed by atoms with Crippen molar-refractivity contribution < 1.29 is 4.79 Å². The van der Waals surface area contributed by atoms with Crippen molar-refractivity contribution in [2.24, 2.45) is 0 Å². The van der Waals surface area contributed by atoms with Gasteiger partial charge in [-0.05, 0) is 17.3 Å². The second-order valence-electron chi connectivity index (χ2n) is 3.67. The average molecular weight is 232 g/mol. The number of hydrogen-bond donors (Lipinski definition) is 0. The van der Waals surface area contributed by atoms with E-state index in [4.69, 9.17) is 0 Å². The zero-order valence-corrected chi connectivity index (χ0v) is 9.61. The van der Waals surface area contributed by atoms with Crippen LogP contribution in [0, 0.1) is 0 Å². The maximum absolute atomic E-state index is 11.5. The zero-order chi connectivity index (χ0) is 12.3. The molecule has 0 aromatic carbocycles. The summed E-state index contributed by atoms with van der Waals surface area (Å²) in [5, 5.41) is 11.5. The molecule has 0 fully saturated rings. The summed E-state index contributed by atoms with van der Waals surface area (Å²) >= 11 is 0. The third kappa shape index (κ3) is 2.63. The van der Waals surface area contributed by atoms with E-state index in [2.05, 4.69) is 20.4 Å². The number of hydrogen-bond acceptors (Lipinski definition) is 5. The van der Waals surface area contributed by atoms with Gasteiger partial charge in [-0.2, -0.15) is 0 Å². The van der Waals surface area contributed by atoms with Crippen LogP contribution in [-0.4, -0.2) is 50.2 Å². The SMILES string of the molecule is CN(C)C(=O)n1nnc(Cc2ccccn2)n1. The van der Waals surface area contributed by atoms with Gasteiger partial charge in [-0.15, -0.1) is 10.2 Å². The molecule has 0 spiro atoms. The van der Waals surface area contributed by atoms with Gasteiger partial charge in [0.1, 0.15) is 0 Å². The van der Waals surface area contributed by atoms with Gasteiger partial charge < -0.3 is 4.90 Å². The minimum absolute atomic E-state index is 0.329. The number of carbonyl (C=O) groups is 1. The van der Waals surface area contributed by atoms with E-state index in [-0.39, 0.29) is 6.03 Å². The molecule has 0 aliphatic carbocycles. The van der Waals surface area contributed by atoms with Gasteiger partial charge in [0, 0.05) is 26.0 Å². The molecule has 0 aliphatic heterocycles. The molecule has 1 amide bonds. The Hall–Kier alpha value is -2.31. The van der Waals surface area contributed by atoms with E-state index in [0.717, 1.165) is 10.5 Å². The lowest BCUT2D eigenvalue weighted by Gasteiger charge is -2.06. The molecule has 88 valence electrons. The fraction of sp³-hybridized carbons (Fsp3) is 0.300. The quantitative estimate of drug-likeness (QED) is 0.738. The van der Waals surface area contributed by atoms with Gasteiger partial charge in [0.05, 0.1) is 6.42 Å². The van der Waals surface area contributed by atoms with E-state index in [1.54, 1.807) is 20.3 Å². The van der Waals surface area contributed by atoms with E-state index < -0.39 is 0 Å². The summed E-state index contributed by atoms with van der Waals surface area (Å²) in [7, 11) is 3.26. The fourth-order valence-corrected chi connectivity index (χ4v) is 1.24. The molecule has 7 nitrogen and oxygen atoms in total. The van der Waals surface area contributed by atoms with Crippen molar-refractivity contribution in [3.05, 3.63) is 35.9 Å². The van der Waals surface area contributed by atoms with E-state index >= 15 is 0 Å². The molecule has 0 unspecified atom stereocenters. The molecular formula is C10H12N6O. The first kappa shape index (κ1) is 11.2. The molecule has 7 heteroatoms. The van der Waals surface area contributed by atoms with Crippen LogP contribution < -0.4 is 0 Å². The van der Waals surface area contributed by atoms with Crippen molar-refractivity contribution in [3.63, 3.8) is 0 Å². The Labute approximate surface area is 98.1 Å².